The van der Waals surface area contributed by atoms with Crippen LogP contribution in [0.3, 0.4) is 0 Å². The quantitative estimate of drug-likeness (QED) is 0.810. The summed E-state index contributed by atoms with van der Waals surface area (Å²) in [4.78, 5) is 2.21. The smallest absolute Gasteiger partial charge is 0.130 e. The van der Waals surface area contributed by atoms with Crippen LogP contribution in [0.25, 0.3) is 0 Å². The Morgan fingerprint density at radius 2 is 2.10 bits per heavy atom. The Hall–Kier alpha value is -1.13. The Balaban J connectivity index is 2.36. The molecule has 0 radical (unpaired) electrons. The highest BCUT2D eigenvalue weighted by Gasteiger charge is 2.26. The highest BCUT2D eigenvalue weighted by atomic mass is 19.1. The molecule has 118 valence electrons. The van der Waals surface area contributed by atoms with Crippen LogP contribution in [0.4, 0.5) is 10.1 Å². The minimum Gasteiger partial charge on any atom is -0.395 e. The van der Waals surface area contributed by atoms with Gasteiger partial charge in [-0.15, -0.1) is 0 Å². The molecule has 0 amide bonds. The summed E-state index contributed by atoms with van der Waals surface area (Å²) in [6.45, 7) is 5.50. The van der Waals surface area contributed by atoms with E-state index in [0.717, 1.165) is 30.6 Å². The van der Waals surface area contributed by atoms with Gasteiger partial charge in [-0.25, -0.2) is 4.39 Å². The zero-order valence-electron chi connectivity index (χ0n) is 13.1. The number of nitrogens with one attached hydrogen (secondary N) is 1. The van der Waals surface area contributed by atoms with E-state index in [1.54, 1.807) is 6.07 Å². The fraction of sp³-hybridized carbons (Fsp3) is 0.647. The van der Waals surface area contributed by atoms with Crippen LogP contribution in [-0.4, -0.2) is 30.8 Å². The lowest BCUT2D eigenvalue weighted by atomic mass is 10.0. The van der Waals surface area contributed by atoms with Gasteiger partial charge < -0.3 is 15.3 Å². The summed E-state index contributed by atoms with van der Waals surface area (Å²) in [7, 11) is 0. The molecule has 1 aromatic carbocycles. The lowest BCUT2D eigenvalue weighted by molar-refractivity contribution is 0.297. The Kier molecular flexibility index (Phi) is 6.00. The fourth-order valence-corrected chi connectivity index (χ4v) is 3.44. The molecule has 4 heteroatoms. The lowest BCUT2D eigenvalue weighted by Crippen LogP contribution is -2.37. The summed E-state index contributed by atoms with van der Waals surface area (Å²) < 4.78 is 14.4. The standard InChI is InChI=1S/C17H27FN2O/c1-3-19-13(2)17-15(18)9-6-10-16(17)20(11-12-21)14-7-4-5-8-14/h6,9-10,13-14,19,21H,3-5,7-8,11-12H2,1-2H3. The van der Waals surface area contributed by atoms with Crippen molar-refractivity contribution in [3.8, 4) is 0 Å². The number of rotatable bonds is 7. The van der Waals surface area contributed by atoms with Crippen LogP contribution in [0.1, 0.15) is 51.1 Å². The molecule has 2 rings (SSSR count). The first kappa shape index (κ1) is 16.2. The van der Waals surface area contributed by atoms with Crippen LogP contribution < -0.4 is 10.2 Å². The van der Waals surface area contributed by atoms with E-state index in [4.69, 9.17) is 0 Å². The van der Waals surface area contributed by atoms with Crippen molar-refractivity contribution in [3.63, 3.8) is 0 Å². The zero-order chi connectivity index (χ0) is 15.2. The second-order valence-corrected chi connectivity index (χ2v) is 5.81. The van der Waals surface area contributed by atoms with E-state index in [2.05, 4.69) is 10.2 Å². The summed E-state index contributed by atoms with van der Waals surface area (Å²) in [5.74, 6) is -0.165. The van der Waals surface area contributed by atoms with Crippen LogP contribution in [0, 0.1) is 5.82 Å². The van der Waals surface area contributed by atoms with E-state index in [0.29, 0.717) is 12.6 Å². The van der Waals surface area contributed by atoms with E-state index in [1.807, 2.05) is 19.9 Å². The van der Waals surface area contributed by atoms with Crippen LogP contribution in [0.5, 0.6) is 0 Å². The van der Waals surface area contributed by atoms with E-state index in [9.17, 15) is 9.50 Å². The second kappa shape index (κ2) is 7.76. The molecule has 0 aliphatic heterocycles. The molecule has 3 nitrogen and oxygen atoms in total. The number of hydrogen-bond donors (Lipinski definition) is 2. The lowest BCUT2D eigenvalue weighted by Gasteiger charge is -2.33. The van der Waals surface area contributed by atoms with Crippen LogP contribution in [0.15, 0.2) is 18.2 Å². The molecule has 1 aromatic rings. The van der Waals surface area contributed by atoms with Gasteiger partial charge in [-0.2, -0.15) is 0 Å². The summed E-state index contributed by atoms with van der Waals surface area (Å²) in [6, 6.07) is 5.67. The molecule has 0 bridgehead atoms. The Morgan fingerprint density at radius 3 is 2.71 bits per heavy atom. The van der Waals surface area contributed by atoms with Gasteiger partial charge >= 0.3 is 0 Å². The number of hydrogen-bond acceptors (Lipinski definition) is 3. The predicted molar refractivity (Wildman–Crippen MR) is 85.2 cm³/mol. The third kappa shape index (κ3) is 3.74. The molecule has 0 aromatic heterocycles. The van der Waals surface area contributed by atoms with Crippen molar-refractivity contribution in [2.75, 3.05) is 24.6 Å². The largest absolute Gasteiger partial charge is 0.395 e. The second-order valence-electron chi connectivity index (χ2n) is 5.81. The Bertz CT molecular complexity index is 446. The summed E-state index contributed by atoms with van der Waals surface area (Å²) in [6.07, 6.45) is 4.71. The molecule has 21 heavy (non-hydrogen) atoms. The molecule has 1 aliphatic rings. The van der Waals surface area contributed by atoms with Crippen LogP contribution in [-0.2, 0) is 0 Å². The molecule has 0 heterocycles. The van der Waals surface area contributed by atoms with Gasteiger partial charge in [-0.3, -0.25) is 0 Å². The SMILES string of the molecule is CCNC(C)c1c(F)cccc1N(CCO)C1CCCC1. The number of benzene rings is 1. The first-order chi connectivity index (χ1) is 10.2. The van der Waals surface area contributed by atoms with Gasteiger partial charge in [-0.1, -0.05) is 25.8 Å². The minimum atomic E-state index is -0.165. The van der Waals surface area contributed by atoms with Crippen molar-refractivity contribution in [1.29, 1.82) is 0 Å². The van der Waals surface area contributed by atoms with Gasteiger partial charge in [-0.05, 0) is 38.4 Å². The minimum absolute atomic E-state index is 0.0335. The van der Waals surface area contributed by atoms with Crippen molar-refractivity contribution < 1.29 is 9.50 Å². The van der Waals surface area contributed by atoms with Crippen LogP contribution in [0.2, 0.25) is 0 Å². The van der Waals surface area contributed by atoms with Crippen molar-refractivity contribution >= 4 is 5.69 Å². The molecule has 1 aliphatic carbocycles. The van der Waals surface area contributed by atoms with Crippen molar-refractivity contribution in [2.24, 2.45) is 0 Å². The summed E-state index contributed by atoms with van der Waals surface area (Å²) in [5.41, 5.74) is 1.66. The van der Waals surface area contributed by atoms with Gasteiger partial charge in [0.25, 0.3) is 0 Å². The predicted octanol–water partition coefficient (Wildman–Crippen LogP) is 3.24. The molecular weight excluding hydrogens is 267 g/mol. The van der Waals surface area contributed by atoms with Gasteiger partial charge in [0.15, 0.2) is 0 Å². The first-order valence-electron chi connectivity index (χ1n) is 8.08. The highest BCUT2D eigenvalue weighted by molar-refractivity contribution is 5.56. The van der Waals surface area contributed by atoms with Crippen molar-refractivity contribution in [1.82, 2.24) is 5.32 Å². The van der Waals surface area contributed by atoms with E-state index in [-0.39, 0.29) is 18.5 Å². The molecule has 1 fully saturated rings. The Morgan fingerprint density at radius 1 is 1.38 bits per heavy atom. The number of anilines is 1. The average Bonchev–Trinajstić information content (AvgIpc) is 2.98. The topological polar surface area (TPSA) is 35.5 Å². The van der Waals surface area contributed by atoms with Gasteiger partial charge in [0.1, 0.15) is 5.82 Å². The molecule has 2 N–H and O–H groups in total. The van der Waals surface area contributed by atoms with E-state index < -0.39 is 0 Å². The number of aliphatic hydroxyl groups is 1. The highest BCUT2D eigenvalue weighted by Crippen LogP contribution is 2.34. The van der Waals surface area contributed by atoms with Crippen LogP contribution >= 0.6 is 0 Å². The summed E-state index contributed by atoms with van der Waals surface area (Å²) in [5, 5.41) is 12.7. The first-order valence-corrected chi connectivity index (χ1v) is 8.08. The molecule has 1 unspecified atom stereocenters. The zero-order valence-corrected chi connectivity index (χ0v) is 13.1. The van der Waals surface area contributed by atoms with Gasteiger partial charge in [0.2, 0.25) is 0 Å². The van der Waals surface area contributed by atoms with E-state index >= 15 is 0 Å². The van der Waals surface area contributed by atoms with Crippen molar-refractivity contribution in [3.05, 3.63) is 29.6 Å². The maximum absolute atomic E-state index is 14.4. The summed E-state index contributed by atoms with van der Waals surface area (Å²) >= 11 is 0. The molecule has 0 spiro atoms. The molecule has 1 atom stereocenters. The number of halogens is 1. The average molecular weight is 294 g/mol. The molecular formula is C17H27FN2O. The third-order valence-corrected chi connectivity index (χ3v) is 4.39. The monoisotopic (exact) mass is 294 g/mol. The normalized spacial score (nSPS) is 17.1. The van der Waals surface area contributed by atoms with Crippen molar-refractivity contribution in [2.45, 2.75) is 51.6 Å². The maximum atomic E-state index is 14.4. The maximum Gasteiger partial charge on any atom is 0.130 e. The Labute approximate surface area is 127 Å². The van der Waals surface area contributed by atoms with Gasteiger partial charge in [0, 0.05) is 29.9 Å². The van der Waals surface area contributed by atoms with Gasteiger partial charge in [0.05, 0.1) is 6.61 Å². The molecule has 0 saturated heterocycles. The third-order valence-electron chi connectivity index (χ3n) is 4.39. The number of nitrogens with zero attached hydrogens (tertiary/aromatic N) is 1. The molecule has 1 saturated carbocycles. The number of aliphatic hydroxyl groups excluding tert-OH is 1. The fourth-order valence-electron chi connectivity index (χ4n) is 3.44. The van der Waals surface area contributed by atoms with E-state index in [1.165, 1.54) is 18.9 Å².